The molecule has 1 aliphatic heterocycles. The second-order valence-corrected chi connectivity index (χ2v) is 14.2. The molecule has 8 aromatic carbocycles. The molecular weight excluding hydrogens is 685 g/mol. The van der Waals surface area contributed by atoms with E-state index in [1.165, 1.54) is 10.8 Å². The Balaban J connectivity index is 1.10. The molecule has 264 valence electrons. The summed E-state index contributed by atoms with van der Waals surface area (Å²) in [5, 5.41) is 8.37. The topological polar surface area (TPSA) is 54.8 Å². The van der Waals surface area contributed by atoms with Gasteiger partial charge in [0.25, 0.3) is 0 Å². The van der Waals surface area contributed by atoms with Gasteiger partial charge >= 0.3 is 0 Å². The van der Waals surface area contributed by atoms with Gasteiger partial charge in [-0.1, -0.05) is 158 Å². The van der Waals surface area contributed by atoms with Gasteiger partial charge in [0.15, 0.2) is 5.84 Å². The molecule has 0 fully saturated rings. The molecule has 0 amide bonds. The fraction of sp³-hybridized carbons (Fsp3) is 0.0196. The first-order valence-corrected chi connectivity index (χ1v) is 18.9. The Kier molecular flexibility index (Phi) is 7.49. The molecule has 0 radical (unpaired) electrons. The third-order valence-corrected chi connectivity index (χ3v) is 10.9. The van der Waals surface area contributed by atoms with Crippen LogP contribution in [-0.4, -0.2) is 16.2 Å². The monoisotopic (exact) mass is 718 g/mol. The van der Waals surface area contributed by atoms with Crippen molar-refractivity contribution in [2.45, 2.75) is 6.17 Å². The lowest BCUT2D eigenvalue weighted by Crippen LogP contribution is -2.34. The van der Waals surface area contributed by atoms with E-state index in [-0.39, 0.29) is 0 Å². The maximum Gasteiger partial charge on any atom is 0.159 e. The molecule has 0 bridgehead atoms. The van der Waals surface area contributed by atoms with E-state index in [9.17, 15) is 0 Å². The Hall–Kier alpha value is -7.50. The van der Waals surface area contributed by atoms with E-state index in [1.54, 1.807) is 0 Å². The number of furan rings is 1. The molecule has 11 rings (SSSR count). The summed E-state index contributed by atoms with van der Waals surface area (Å²) in [5.74, 6) is 1.47. The largest absolute Gasteiger partial charge is 0.456 e. The lowest BCUT2D eigenvalue weighted by atomic mass is 9.98. The van der Waals surface area contributed by atoms with E-state index in [4.69, 9.17) is 14.4 Å². The summed E-state index contributed by atoms with van der Waals surface area (Å²) >= 11 is 0. The van der Waals surface area contributed by atoms with Gasteiger partial charge in [-0.2, -0.15) is 0 Å². The van der Waals surface area contributed by atoms with Gasteiger partial charge in [-0.3, -0.25) is 0 Å². The van der Waals surface area contributed by atoms with Crippen LogP contribution in [0.5, 0.6) is 0 Å². The van der Waals surface area contributed by atoms with Gasteiger partial charge < -0.3 is 14.3 Å². The van der Waals surface area contributed by atoms with E-state index in [1.807, 2.05) is 36.4 Å². The molecule has 0 spiro atoms. The Morgan fingerprint density at radius 1 is 0.464 bits per heavy atom. The molecule has 1 unspecified atom stereocenters. The van der Waals surface area contributed by atoms with Crippen molar-refractivity contribution in [2.75, 3.05) is 0 Å². The molecule has 5 nitrogen and oxygen atoms in total. The molecule has 0 saturated carbocycles. The minimum Gasteiger partial charge on any atom is -0.456 e. The summed E-state index contributed by atoms with van der Waals surface area (Å²) in [4.78, 5) is 10.5. The van der Waals surface area contributed by atoms with Gasteiger partial charge in [0.05, 0.1) is 16.7 Å². The first-order valence-electron chi connectivity index (χ1n) is 18.9. The second-order valence-electron chi connectivity index (χ2n) is 14.2. The Morgan fingerprint density at radius 3 is 2.00 bits per heavy atom. The maximum absolute atomic E-state index is 6.30. The van der Waals surface area contributed by atoms with Crippen LogP contribution in [0.2, 0.25) is 0 Å². The van der Waals surface area contributed by atoms with E-state index >= 15 is 0 Å². The van der Waals surface area contributed by atoms with Crippen molar-refractivity contribution >= 4 is 55.4 Å². The lowest BCUT2D eigenvalue weighted by Gasteiger charge is -2.26. The van der Waals surface area contributed by atoms with Crippen molar-refractivity contribution in [1.29, 1.82) is 0 Å². The Bertz CT molecular complexity index is 3170. The van der Waals surface area contributed by atoms with Gasteiger partial charge in [-0.25, -0.2) is 9.98 Å². The van der Waals surface area contributed by atoms with Crippen LogP contribution in [0.4, 0.5) is 0 Å². The summed E-state index contributed by atoms with van der Waals surface area (Å²) < 4.78 is 8.70. The predicted molar refractivity (Wildman–Crippen MR) is 231 cm³/mol. The first kappa shape index (κ1) is 32.0. The zero-order chi connectivity index (χ0) is 37.0. The zero-order valence-electron chi connectivity index (χ0n) is 30.3. The molecule has 1 atom stereocenters. The molecule has 10 aromatic rings. The van der Waals surface area contributed by atoms with Crippen LogP contribution in [-0.2, 0) is 0 Å². The van der Waals surface area contributed by atoms with Crippen molar-refractivity contribution in [3.8, 4) is 27.9 Å². The SMILES string of the molecule is c1ccc(C2=NC(c3cccc(-c4ccccc4)c3)=NC(c3ccccc3-n3c4ccccc4c4ccc(-c5cccc6oc7ccccc7c56)cc43)N2)cc1. The second kappa shape index (κ2) is 13.1. The summed E-state index contributed by atoms with van der Waals surface area (Å²) in [6.45, 7) is 0. The van der Waals surface area contributed by atoms with Crippen molar-refractivity contribution in [3.63, 3.8) is 0 Å². The molecule has 3 heterocycles. The van der Waals surface area contributed by atoms with Gasteiger partial charge in [0.2, 0.25) is 0 Å². The van der Waals surface area contributed by atoms with Gasteiger partial charge in [-0.05, 0) is 58.7 Å². The number of hydrogen-bond acceptors (Lipinski definition) is 4. The Morgan fingerprint density at radius 2 is 1.12 bits per heavy atom. The summed E-state index contributed by atoms with van der Waals surface area (Å²) in [5.41, 5.74) is 12.6. The number of nitrogens with one attached hydrogen (secondary N) is 1. The number of fused-ring (bicyclic) bond motifs is 6. The smallest absolute Gasteiger partial charge is 0.159 e. The minimum atomic E-state index is -0.417. The molecule has 5 heteroatoms. The predicted octanol–water partition coefficient (Wildman–Crippen LogP) is 12.5. The quantitative estimate of drug-likeness (QED) is 0.186. The van der Waals surface area contributed by atoms with Crippen molar-refractivity contribution in [1.82, 2.24) is 9.88 Å². The molecule has 56 heavy (non-hydrogen) atoms. The van der Waals surface area contributed by atoms with Gasteiger partial charge in [0.1, 0.15) is 23.2 Å². The van der Waals surface area contributed by atoms with Crippen molar-refractivity contribution in [2.24, 2.45) is 9.98 Å². The lowest BCUT2D eigenvalue weighted by molar-refractivity contribution is 0.669. The molecule has 1 N–H and O–H groups in total. The van der Waals surface area contributed by atoms with Crippen LogP contribution in [0.25, 0.3) is 71.7 Å². The fourth-order valence-electron chi connectivity index (χ4n) is 8.29. The normalized spacial score (nSPS) is 14.2. The minimum absolute atomic E-state index is 0.417. The maximum atomic E-state index is 6.30. The average molecular weight is 719 g/mol. The average Bonchev–Trinajstić information content (AvgIpc) is 3.82. The highest BCUT2D eigenvalue weighted by atomic mass is 16.3. The zero-order valence-corrected chi connectivity index (χ0v) is 30.3. The summed E-state index contributed by atoms with van der Waals surface area (Å²) in [6.07, 6.45) is -0.417. The fourth-order valence-corrected chi connectivity index (χ4v) is 8.29. The summed E-state index contributed by atoms with van der Waals surface area (Å²) in [7, 11) is 0. The highest BCUT2D eigenvalue weighted by molar-refractivity contribution is 6.15. The van der Waals surface area contributed by atoms with Crippen molar-refractivity contribution in [3.05, 3.63) is 211 Å². The number of benzene rings is 8. The van der Waals surface area contributed by atoms with E-state index in [2.05, 4.69) is 168 Å². The third kappa shape index (κ3) is 5.32. The highest BCUT2D eigenvalue weighted by Gasteiger charge is 2.25. The third-order valence-electron chi connectivity index (χ3n) is 10.9. The standard InChI is InChI=1S/C51H34N4O/c1-3-15-33(16-4-1)35-19-13-20-37(31-35)50-52-49(34-17-5-2-6-18-34)53-51(54-50)41-22-8-11-26-44(41)55-43-25-10-7-21-39(43)40-30-29-36(32-45(40)55)38-24-14-28-47-48(38)42-23-9-12-27-46(42)56-47/h1-32,51H,(H,52,53,54). The van der Waals surface area contributed by atoms with E-state index in [0.29, 0.717) is 5.84 Å². The molecule has 2 aromatic heterocycles. The number of amidine groups is 2. The number of para-hydroxylation sites is 3. The number of aliphatic imine (C=N–C) groups is 2. The van der Waals surface area contributed by atoms with Crippen LogP contribution in [0.15, 0.2) is 209 Å². The first-order chi connectivity index (χ1) is 27.8. The van der Waals surface area contributed by atoms with Gasteiger partial charge in [-0.15, -0.1) is 0 Å². The van der Waals surface area contributed by atoms with E-state index in [0.717, 1.165) is 83.4 Å². The number of hydrogen-bond donors (Lipinski definition) is 1. The van der Waals surface area contributed by atoms with Crippen LogP contribution in [0, 0.1) is 0 Å². The van der Waals surface area contributed by atoms with Crippen LogP contribution in [0.1, 0.15) is 22.9 Å². The Labute approximate surface area is 323 Å². The van der Waals surface area contributed by atoms with Crippen LogP contribution >= 0.6 is 0 Å². The molecule has 0 saturated heterocycles. The van der Waals surface area contributed by atoms with Crippen molar-refractivity contribution < 1.29 is 4.42 Å². The molecule has 0 aliphatic carbocycles. The summed E-state index contributed by atoms with van der Waals surface area (Å²) in [6, 6.07) is 68.0. The number of aromatic nitrogens is 1. The number of rotatable bonds is 6. The molecule has 1 aliphatic rings. The molecular formula is C51H34N4O. The number of nitrogens with zero attached hydrogens (tertiary/aromatic N) is 3. The van der Waals surface area contributed by atoms with Crippen LogP contribution in [0.3, 0.4) is 0 Å². The van der Waals surface area contributed by atoms with E-state index < -0.39 is 6.17 Å². The van der Waals surface area contributed by atoms with Crippen LogP contribution < -0.4 is 5.32 Å². The van der Waals surface area contributed by atoms with Gasteiger partial charge in [0, 0.05) is 38.2 Å². The highest BCUT2D eigenvalue weighted by Crippen LogP contribution is 2.41.